The van der Waals surface area contributed by atoms with Gasteiger partial charge in [-0.2, -0.15) is 0 Å². The van der Waals surface area contributed by atoms with Crippen LogP contribution in [0.3, 0.4) is 0 Å². The number of nitrogens with two attached hydrogens (primary N) is 1. The van der Waals surface area contributed by atoms with Crippen molar-refractivity contribution in [3.63, 3.8) is 0 Å². The number of Topliss-reactive ketones (excluding diaryl/α,β-unsaturated/α-hetero) is 1. The molecule has 1 aliphatic carbocycles. The van der Waals surface area contributed by atoms with E-state index in [-0.39, 0.29) is 17.7 Å². The number of nitrogens with zero attached hydrogens (tertiary/aromatic N) is 3. The minimum absolute atomic E-state index is 0.0657. The van der Waals surface area contributed by atoms with Gasteiger partial charge in [-0.05, 0) is 74.8 Å². The summed E-state index contributed by atoms with van der Waals surface area (Å²) in [6, 6.07) is 9.59. The standard InChI is InChI=1S/C31H40N6O4/c32-30(39)26-7-3-21(15-27(26)33-18-20-1-2-20)31(40)35-23-16-24-5-6-25(17-23)37(24)29-8-4-22(19-34-29)28(38)9-10-36-11-13-41-14-12-36/h3-4,7-8,15,19-20,23-25,33H,1-2,5-6,9-14,16-18H2,(H2,32,39)(H,35,40)/t23-,24+,25-. The summed E-state index contributed by atoms with van der Waals surface area (Å²) < 4.78 is 5.38. The second-order valence-corrected chi connectivity index (χ2v) is 11.9. The lowest BCUT2D eigenvalue weighted by Crippen LogP contribution is -2.50. The summed E-state index contributed by atoms with van der Waals surface area (Å²) in [7, 11) is 0. The molecule has 2 aromatic rings. The highest BCUT2D eigenvalue weighted by atomic mass is 16.5. The molecule has 1 saturated carbocycles. The molecule has 4 fully saturated rings. The number of ether oxygens (including phenoxy) is 1. The van der Waals surface area contributed by atoms with Gasteiger partial charge in [-0.3, -0.25) is 19.3 Å². The van der Waals surface area contributed by atoms with Crippen LogP contribution in [0.25, 0.3) is 0 Å². The van der Waals surface area contributed by atoms with Crippen LogP contribution in [0, 0.1) is 5.92 Å². The van der Waals surface area contributed by atoms with Gasteiger partial charge < -0.3 is 26.0 Å². The number of ketones is 1. The molecule has 10 heteroatoms. The number of nitrogens with one attached hydrogen (secondary N) is 2. The highest BCUT2D eigenvalue weighted by molar-refractivity contribution is 6.02. The minimum atomic E-state index is -0.502. The van der Waals surface area contributed by atoms with Gasteiger partial charge in [0.25, 0.3) is 11.8 Å². The Kier molecular flexibility index (Phi) is 8.20. The third kappa shape index (κ3) is 6.54. The zero-order valence-corrected chi connectivity index (χ0v) is 23.5. The van der Waals surface area contributed by atoms with Crippen molar-refractivity contribution in [3.8, 4) is 0 Å². The van der Waals surface area contributed by atoms with Crippen molar-refractivity contribution in [1.29, 1.82) is 0 Å². The topological polar surface area (TPSA) is 130 Å². The van der Waals surface area contributed by atoms with Crippen LogP contribution < -0.4 is 21.3 Å². The molecule has 6 rings (SSSR count). The zero-order valence-electron chi connectivity index (χ0n) is 23.5. The van der Waals surface area contributed by atoms with Gasteiger partial charge in [0.05, 0.1) is 18.8 Å². The highest BCUT2D eigenvalue weighted by Gasteiger charge is 2.42. The molecule has 0 spiro atoms. The molecule has 0 unspecified atom stereocenters. The maximum Gasteiger partial charge on any atom is 0.251 e. The number of carbonyl (C=O) groups is 3. The van der Waals surface area contributed by atoms with Crippen molar-refractivity contribution in [2.24, 2.45) is 11.7 Å². The number of carbonyl (C=O) groups excluding carboxylic acids is 3. The van der Waals surface area contributed by atoms with Crippen molar-refractivity contribution >= 4 is 29.1 Å². The van der Waals surface area contributed by atoms with E-state index in [4.69, 9.17) is 15.5 Å². The van der Waals surface area contributed by atoms with E-state index in [2.05, 4.69) is 20.4 Å². The first kappa shape index (κ1) is 27.7. The highest BCUT2D eigenvalue weighted by Crippen LogP contribution is 2.39. The molecule has 3 aliphatic heterocycles. The molecule has 0 radical (unpaired) electrons. The third-order valence-corrected chi connectivity index (χ3v) is 8.99. The zero-order chi connectivity index (χ0) is 28.3. The monoisotopic (exact) mass is 560 g/mol. The lowest BCUT2D eigenvalue weighted by Gasteiger charge is -2.40. The molecule has 10 nitrogen and oxygen atoms in total. The first-order valence-corrected chi connectivity index (χ1v) is 15.0. The Morgan fingerprint density at radius 2 is 1.71 bits per heavy atom. The van der Waals surface area contributed by atoms with Gasteiger partial charge in [-0.15, -0.1) is 0 Å². The van der Waals surface area contributed by atoms with Crippen LogP contribution in [-0.2, 0) is 4.74 Å². The van der Waals surface area contributed by atoms with Crippen molar-refractivity contribution in [1.82, 2.24) is 15.2 Å². The van der Waals surface area contributed by atoms with Crippen LogP contribution in [0.15, 0.2) is 36.5 Å². The summed E-state index contributed by atoms with van der Waals surface area (Å²) in [6.07, 6.45) is 8.38. The fourth-order valence-corrected chi connectivity index (χ4v) is 6.49. The number of fused-ring (bicyclic) bond motifs is 2. The quantitative estimate of drug-likeness (QED) is 0.358. The third-order valence-electron chi connectivity index (χ3n) is 8.99. The Hall–Kier alpha value is -3.50. The summed E-state index contributed by atoms with van der Waals surface area (Å²) in [6.45, 7) is 4.76. The van der Waals surface area contributed by atoms with Crippen LogP contribution in [0.4, 0.5) is 11.5 Å². The second-order valence-electron chi connectivity index (χ2n) is 11.9. The Morgan fingerprint density at radius 3 is 2.37 bits per heavy atom. The summed E-state index contributed by atoms with van der Waals surface area (Å²) in [5, 5.41) is 6.55. The van der Waals surface area contributed by atoms with Crippen LogP contribution in [-0.4, -0.2) is 85.0 Å². The predicted octanol–water partition coefficient (Wildman–Crippen LogP) is 2.84. The molecular formula is C31H40N6O4. The van der Waals surface area contributed by atoms with Crippen molar-refractivity contribution < 1.29 is 19.1 Å². The Bertz CT molecular complexity index is 1260. The van der Waals surface area contributed by atoms with Gasteiger partial charge in [-0.1, -0.05) is 0 Å². The average Bonchev–Trinajstić information content (AvgIpc) is 3.78. The average molecular weight is 561 g/mol. The van der Waals surface area contributed by atoms with E-state index >= 15 is 0 Å². The smallest absolute Gasteiger partial charge is 0.251 e. The Morgan fingerprint density at radius 1 is 0.976 bits per heavy atom. The molecule has 3 atom stereocenters. The van der Waals surface area contributed by atoms with Crippen LogP contribution in [0.2, 0.25) is 0 Å². The molecule has 2 bridgehead atoms. The minimum Gasteiger partial charge on any atom is -0.384 e. The molecule has 218 valence electrons. The van der Waals surface area contributed by atoms with E-state index in [1.54, 1.807) is 24.4 Å². The number of piperidine rings is 1. The van der Waals surface area contributed by atoms with E-state index in [1.807, 2.05) is 12.1 Å². The summed E-state index contributed by atoms with van der Waals surface area (Å²) in [5.74, 6) is 1.01. The van der Waals surface area contributed by atoms with E-state index in [0.29, 0.717) is 46.8 Å². The molecule has 1 aromatic carbocycles. The molecular weight excluding hydrogens is 520 g/mol. The van der Waals surface area contributed by atoms with Gasteiger partial charge in [-0.25, -0.2) is 4.98 Å². The van der Waals surface area contributed by atoms with Gasteiger partial charge >= 0.3 is 0 Å². The number of benzene rings is 1. The van der Waals surface area contributed by atoms with Gasteiger partial charge in [0, 0.05) is 73.7 Å². The molecule has 3 saturated heterocycles. The normalized spacial score (nSPS) is 24.2. The maximum atomic E-state index is 13.2. The lowest BCUT2D eigenvalue weighted by atomic mass is 9.96. The van der Waals surface area contributed by atoms with E-state index in [9.17, 15) is 14.4 Å². The maximum absolute atomic E-state index is 13.2. The van der Waals surface area contributed by atoms with Gasteiger partial charge in [0.1, 0.15) is 5.82 Å². The van der Waals surface area contributed by atoms with Crippen molar-refractivity contribution in [2.75, 3.05) is 49.6 Å². The summed E-state index contributed by atoms with van der Waals surface area (Å²) >= 11 is 0. The van der Waals surface area contributed by atoms with Crippen LogP contribution >= 0.6 is 0 Å². The second kappa shape index (κ2) is 12.2. The number of anilines is 2. The SMILES string of the molecule is NC(=O)c1ccc(C(=O)N[C@H]2C[C@H]3CC[C@@H](C2)N3c2ccc(C(=O)CCN3CCOCC3)cn2)cc1NCC1CC1. The first-order valence-electron chi connectivity index (χ1n) is 15.0. The number of hydrogen-bond acceptors (Lipinski definition) is 8. The van der Waals surface area contributed by atoms with E-state index in [1.165, 1.54) is 12.8 Å². The number of pyridine rings is 1. The summed E-state index contributed by atoms with van der Waals surface area (Å²) in [5.41, 5.74) is 7.78. The van der Waals surface area contributed by atoms with Crippen LogP contribution in [0.1, 0.15) is 76.0 Å². The Labute approximate surface area is 241 Å². The fourth-order valence-electron chi connectivity index (χ4n) is 6.49. The summed E-state index contributed by atoms with van der Waals surface area (Å²) in [4.78, 5) is 47.2. The van der Waals surface area contributed by atoms with E-state index < -0.39 is 5.91 Å². The van der Waals surface area contributed by atoms with Crippen molar-refractivity contribution in [2.45, 2.75) is 63.1 Å². The fraction of sp³-hybridized carbons (Fsp3) is 0.548. The van der Waals surface area contributed by atoms with E-state index in [0.717, 1.165) is 70.9 Å². The number of amides is 2. The van der Waals surface area contributed by atoms with Crippen LogP contribution in [0.5, 0.6) is 0 Å². The number of hydrogen-bond donors (Lipinski definition) is 3. The largest absolute Gasteiger partial charge is 0.384 e. The molecule has 1 aromatic heterocycles. The van der Waals surface area contributed by atoms with Gasteiger partial charge in [0.15, 0.2) is 5.78 Å². The molecule has 4 heterocycles. The number of rotatable bonds is 11. The Balaban J connectivity index is 1.04. The molecule has 4 aliphatic rings. The number of primary amides is 1. The molecule has 2 amide bonds. The predicted molar refractivity (Wildman–Crippen MR) is 156 cm³/mol. The number of morpholine rings is 1. The van der Waals surface area contributed by atoms with Gasteiger partial charge in [0.2, 0.25) is 0 Å². The van der Waals surface area contributed by atoms with Crippen molar-refractivity contribution in [3.05, 3.63) is 53.2 Å². The number of aromatic nitrogens is 1. The molecule has 41 heavy (non-hydrogen) atoms. The molecule has 4 N–H and O–H groups in total. The lowest BCUT2D eigenvalue weighted by molar-refractivity contribution is 0.0370. The first-order chi connectivity index (χ1) is 19.9.